The zero-order chi connectivity index (χ0) is 10.6. The fraction of sp³-hybridized carbons (Fsp3) is 0.300. The van der Waals surface area contributed by atoms with Crippen LogP contribution in [-0.2, 0) is 0 Å². The highest BCUT2D eigenvalue weighted by atomic mass is 14.9. The minimum absolute atomic E-state index is 0.387. The van der Waals surface area contributed by atoms with Crippen molar-refractivity contribution in [3.8, 4) is 0 Å². The van der Waals surface area contributed by atoms with E-state index in [0.717, 1.165) is 17.7 Å². The van der Waals surface area contributed by atoms with Crippen LogP contribution in [0.15, 0.2) is 12.1 Å². The van der Waals surface area contributed by atoms with Gasteiger partial charge in [-0.25, -0.2) is 4.98 Å². The third-order valence-electron chi connectivity index (χ3n) is 1.94. The van der Waals surface area contributed by atoms with E-state index in [0.29, 0.717) is 18.1 Å². The van der Waals surface area contributed by atoms with Crippen LogP contribution in [0, 0.1) is 6.92 Å². The van der Waals surface area contributed by atoms with Crippen molar-refractivity contribution in [2.75, 3.05) is 18.0 Å². The number of aryl methyl sites for hydroxylation is 1. The summed E-state index contributed by atoms with van der Waals surface area (Å²) in [6.45, 7) is 2.55. The molecule has 0 saturated heterocycles. The number of nitrogens with zero attached hydrogens (tertiary/aromatic N) is 1. The largest absolute Gasteiger partial charge is 0.396 e. The van der Waals surface area contributed by atoms with E-state index in [1.54, 1.807) is 0 Å². The highest BCUT2D eigenvalue weighted by Gasteiger charge is 2.00. The number of anilines is 2. The maximum atomic E-state index is 5.65. The zero-order valence-corrected chi connectivity index (χ0v) is 8.33. The molecule has 0 aliphatic carbocycles. The second-order valence-corrected chi connectivity index (χ2v) is 3.12. The second-order valence-electron chi connectivity index (χ2n) is 3.12. The molecule has 0 spiro atoms. The molecular formula is C10H16N4. The average molecular weight is 192 g/mol. The number of pyridine rings is 1. The third kappa shape index (κ3) is 2.47. The SMILES string of the molecule is Cc1nc(N)c(N)cc1C=CCCN. The predicted octanol–water partition coefficient (Wildman–Crippen LogP) is 0.916. The highest BCUT2D eigenvalue weighted by Crippen LogP contribution is 2.17. The smallest absolute Gasteiger partial charge is 0.146 e. The lowest BCUT2D eigenvalue weighted by Crippen LogP contribution is -2.01. The molecule has 0 aromatic carbocycles. The Morgan fingerprint density at radius 1 is 1.43 bits per heavy atom. The van der Waals surface area contributed by atoms with Gasteiger partial charge >= 0.3 is 0 Å². The maximum absolute atomic E-state index is 5.65. The van der Waals surface area contributed by atoms with Crippen molar-refractivity contribution in [2.24, 2.45) is 5.73 Å². The van der Waals surface area contributed by atoms with Crippen molar-refractivity contribution < 1.29 is 0 Å². The normalized spacial score (nSPS) is 11.0. The monoisotopic (exact) mass is 192 g/mol. The zero-order valence-electron chi connectivity index (χ0n) is 8.33. The van der Waals surface area contributed by atoms with E-state index in [2.05, 4.69) is 4.98 Å². The molecule has 1 heterocycles. The van der Waals surface area contributed by atoms with Crippen molar-refractivity contribution in [1.82, 2.24) is 4.98 Å². The van der Waals surface area contributed by atoms with E-state index in [1.807, 2.05) is 25.1 Å². The molecule has 14 heavy (non-hydrogen) atoms. The molecular weight excluding hydrogens is 176 g/mol. The van der Waals surface area contributed by atoms with Crippen LogP contribution in [-0.4, -0.2) is 11.5 Å². The molecule has 1 aromatic heterocycles. The standard InChI is InChI=1S/C10H16N4/c1-7-8(4-2-3-5-11)6-9(12)10(13)14-7/h2,4,6H,3,5,11-12H2,1H3,(H2,13,14). The Kier molecular flexibility index (Phi) is 3.48. The first-order chi connectivity index (χ1) is 6.65. The molecule has 0 radical (unpaired) electrons. The first-order valence-corrected chi connectivity index (χ1v) is 4.54. The Hall–Kier alpha value is -1.55. The Labute approximate surface area is 83.8 Å². The molecule has 0 bridgehead atoms. The second kappa shape index (κ2) is 4.62. The van der Waals surface area contributed by atoms with Gasteiger partial charge in [0.2, 0.25) is 0 Å². The Balaban J connectivity index is 2.92. The van der Waals surface area contributed by atoms with Crippen molar-refractivity contribution in [2.45, 2.75) is 13.3 Å². The molecule has 6 N–H and O–H groups in total. The molecule has 0 saturated carbocycles. The summed E-state index contributed by atoms with van der Waals surface area (Å²) in [6, 6.07) is 1.82. The predicted molar refractivity (Wildman–Crippen MR) is 60.5 cm³/mol. The summed E-state index contributed by atoms with van der Waals surface area (Å²) in [5, 5.41) is 0. The van der Waals surface area contributed by atoms with Gasteiger partial charge < -0.3 is 17.2 Å². The maximum Gasteiger partial charge on any atom is 0.146 e. The Morgan fingerprint density at radius 3 is 2.79 bits per heavy atom. The van der Waals surface area contributed by atoms with Gasteiger partial charge in [-0.05, 0) is 31.5 Å². The quantitative estimate of drug-likeness (QED) is 0.664. The van der Waals surface area contributed by atoms with Crippen LogP contribution in [0.5, 0.6) is 0 Å². The number of hydrogen-bond donors (Lipinski definition) is 3. The number of aromatic nitrogens is 1. The van der Waals surface area contributed by atoms with E-state index in [1.165, 1.54) is 0 Å². The van der Waals surface area contributed by atoms with Crippen LogP contribution in [0.4, 0.5) is 11.5 Å². The van der Waals surface area contributed by atoms with Crippen molar-refractivity contribution in [1.29, 1.82) is 0 Å². The van der Waals surface area contributed by atoms with Crippen LogP contribution in [0.2, 0.25) is 0 Å². The Bertz CT molecular complexity index is 344. The van der Waals surface area contributed by atoms with E-state index < -0.39 is 0 Å². The van der Waals surface area contributed by atoms with Gasteiger partial charge in [0, 0.05) is 5.69 Å². The van der Waals surface area contributed by atoms with E-state index in [4.69, 9.17) is 17.2 Å². The molecule has 76 valence electrons. The number of hydrogen-bond acceptors (Lipinski definition) is 4. The lowest BCUT2D eigenvalue weighted by atomic mass is 10.1. The van der Waals surface area contributed by atoms with Gasteiger partial charge in [-0.15, -0.1) is 0 Å². The van der Waals surface area contributed by atoms with Crippen LogP contribution >= 0.6 is 0 Å². The summed E-state index contributed by atoms with van der Waals surface area (Å²) in [4.78, 5) is 4.12. The summed E-state index contributed by atoms with van der Waals surface area (Å²) in [5.74, 6) is 0.387. The molecule has 1 aromatic rings. The molecule has 0 atom stereocenters. The molecule has 4 heteroatoms. The fourth-order valence-electron chi connectivity index (χ4n) is 1.13. The topological polar surface area (TPSA) is 90.9 Å². The van der Waals surface area contributed by atoms with E-state index >= 15 is 0 Å². The number of rotatable bonds is 3. The summed E-state index contributed by atoms with van der Waals surface area (Å²) < 4.78 is 0. The number of nitrogens with two attached hydrogens (primary N) is 3. The van der Waals surface area contributed by atoms with E-state index in [-0.39, 0.29) is 0 Å². The minimum Gasteiger partial charge on any atom is -0.396 e. The third-order valence-corrected chi connectivity index (χ3v) is 1.94. The minimum atomic E-state index is 0.387. The molecule has 0 aliphatic rings. The van der Waals surface area contributed by atoms with Crippen LogP contribution in [0.3, 0.4) is 0 Å². The lowest BCUT2D eigenvalue weighted by Gasteiger charge is -2.04. The van der Waals surface area contributed by atoms with Gasteiger partial charge in [0.15, 0.2) is 0 Å². The van der Waals surface area contributed by atoms with Crippen molar-refractivity contribution in [3.05, 3.63) is 23.4 Å². The highest BCUT2D eigenvalue weighted by molar-refractivity contribution is 5.65. The van der Waals surface area contributed by atoms with Crippen LogP contribution in [0.1, 0.15) is 17.7 Å². The van der Waals surface area contributed by atoms with Crippen LogP contribution in [0.25, 0.3) is 6.08 Å². The average Bonchev–Trinajstić information content (AvgIpc) is 2.14. The van der Waals surface area contributed by atoms with E-state index in [9.17, 15) is 0 Å². The fourth-order valence-corrected chi connectivity index (χ4v) is 1.13. The van der Waals surface area contributed by atoms with Gasteiger partial charge in [-0.1, -0.05) is 12.2 Å². The van der Waals surface area contributed by atoms with Gasteiger partial charge in [-0.3, -0.25) is 0 Å². The molecule has 0 fully saturated rings. The molecule has 4 nitrogen and oxygen atoms in total. The lowest BCUT2D eigenvalue weighted by molar-refractivity contribution is 1.01. The summed E-state index contributed by atoms with van der Waals surface area (Å²) in [5.41, 5.74) is 19.0. The summed E-state index contributed by atoms with van der Waals surface area (Å²) >= 11 is 0. The first-order valence-electron chi connectivity index (χ1n) is 4.54. The first kappa shape index (κ1) is 10.5. The molecule has 0 amide bonds. The summed E-state index contributed by atoms with van der Waals surface area (Å²) in [6.07, 6.45) is 4.81. The van der Waals surface area contributed by atoms with Crippen LogP contribution < -0.4 is 17.2 Å². The summed E-state index contributed by atoms with van der Waals surface area (Å²) in [7, 11) is 0. The molecule has 1 rings (SSSR count). The molecule has 0 unspecified atom stereocenters. The molecule has 0 aliphatic heterocycles. The number of nitrogen functional groups attached to an aromatic ring is 2. The van der Waals surface area contributed by atoms with Gasteiger partial charge in [0.1, 0.15) is 5.82 Å². The van der Waals surface area contributed by atoms with Gasteiger partial charge in [0.05, 0.1) is 5.69 Å². The van der Waals surface area contributed by atoms with Gasteiger partial charge in [-0.2, -0.15) is 0 Å². The van der Waals surface area contributed by atoms with Crippen molar-refractivity contribution in [3.63, 3.8) is 0 Å². The Morgan fingerprint density at radius 2 is 2.14 bits per heavy atom. The van der Waals surface area contributed by atoms with Gasteiger partial charge in [0.25, 0.3) is 0 Å². The van der Waals surface area contributed by atoms with Crippen molar-refractivity contribution >= 4 is 17.6 Å².